The van der Waals surface area contributed by atoms with Crippen LogP contribution < -0.4 is 10.3 Å². The van der Waals surface area contributed by atoms with Crippen molar-refractivity contribution >= 4 is 27.5 Å². The maximum absolute atomic E-state index is 11.8. The second kappa shape index (κ2) is 7.52. The van der Waals surface area contributed by atoms with E-state index >= 15 is 0 Å². The van der Waals surface area contributed by atoms with Crippen LogP contribution in [0.4, 0.5) is 0 Å². The Kier molecular flexibility index (Phi) is 5.70. The lowest BCUT2D eigenvalue weighted by Crippen LogP contribution is -3.15. The largest absolute Gasteiger partial charge is 0.370 e. The topological polar surface area (TPSA) is 55.1 Å². The second-order valence-electron chi connectivity index (χ2n) is 4.78. The molecule has 6 heteroatoms. The quantitative estimate of drug-likeness (QED) is 0.608. The number of amides is 1. The van der Waals surface area contributed by atoms with Crippen molar-refractivity contribution in [1.29, 1.82) is 0 Å². The van der Waals surface area contributed by atoms with Crippen molar-refractivity contribution in [3.8, 4) is 0 Å². The first-order chi connectivity index (χ1) is 9.65. The monoisotopic (exact) mass is 340 g/mol. The molecule has 2 rings (SSSR count). The molecule has 1 amide bonds. The Balaban J connectivity index is 1.84. The fourth-order valence-electron chi connectivity index (χ4n) is 2.01. The minimum atomic E-state index is -0.0571. The van der Waals surface area contributed by atoms with Crippen LogP contribution in [0, 0.1) is 0 Å². The van der Waals surface area contributed by atoms with Crippen molar-refractivity contribution in [2.24, 2.45) is 5.10 Å². The van der Waals surface area contributed by atoms with Crippen molar-refractivity contribution in [2.75, 3.05) is 32.8 Å². The lowest BCUT2D eigenvalue weighted by molar-refractivity contribution is -0.900. The van der Waals surface area contributed by atoms with Crippen LogP contribution >= 0.6 is 15.9 Å². The molecule has 0 aliphatic carbocycles. The zero-order valence-corrected chi connectivity index (χ0v) is 13.1. The molecule has 1 saturated heterocycles. The van der Waals surface area contributed by atoms with E-state index in [1.54, 1.807) is 0 Å². The average Bonchev–Trinajstić information content (AvgIpc) is 2.46. The third-order valence-corrected chi connectivity index (χ3v) is 3.75. The number of rotatable bonds is 4. The molecule has 0 saturated carbocycles. The number of hydrogen-bond donors (Lipinski definition) is 2. The van der Waals surface area contributed by atoms with E-state index in [1.165, 1.54) is 4.90 Å². The van der Waals surface area contributed by atoms with Crippen molar-refractivity contribution in [3.63, 3.8) is 0 Å². The zero-order valence-electron chi connectivity index (χ0n) is 11.5. The van der Waals surface area contributed by atoms with Crippen LogP contribution in [0.25, 0.3) is 0 Å². The maximum Gasteiger partial charge on any atom is 0.295 e. The maximum atomic E-state index is 11.8. The molecule has 1 fully saturated rings. The van der Waals surface area contributed by atoms with Crippen LogP contribution in [0.2, 0.25) is 0 Å². The highest BCUT2D eigenvalue weighted by molar-refractivity contribution is 9.10. The van der Waals surface area contributed by atoms with Crippen molar-refractivity contribution < 1.29 is 14.4 Å². The standard InChI is InChI=1S/C14H18BrN3O2/c1-11(12-2-4-13(15)5-3-12)16-17-14(19)10-18-6-8-20-9-7-18/h2-5H,6-10H2,1H3,(H,17,19)/p+1/b16-11-. The van der Waals surface area contributed by atoms with Gasteiger partial charge in [0.25, 0.3) is 5.91 Å². The summed E-state index contributed by atoms with van der Waals surface area (Å²) in [5.74, 6) is -0.0571. The fraction of sp³-hybridized carbons (Fsp3) is 0.429. The Morgan fingerprint density at radius 1 is 1.35 bits per heavy atom. The molecule has 2 N–H and O–H groups in total. The van der Waals surface area contributed by atoms with E-state index in [-0.39, 0.29) is 5.91 Å². The summed E-state index contributed by atoms with van der Waals surface area (Å²) >= 11 is 3.39. The molecule has 5 nitrogen and oxygen atoms in total. The highest BCUT2D eigenvalue weighted by Crippen LogP contribution is 2.10. The Morgan fingerprint density at radius 3 is 2.65 bits per heavy atom. The summed E-state index contributed by atoms with van der Waals surface area (Å²) in [7, 11) is 0. The number of carbonyl (C=O) groups excluding carboxylic acids is 1. The van der Waals surface area contributed by atoms with Gasteiger partial charge in [-0.3, -0.25) is 4.79 Å². The first-order valence-corrected chi connectivity index (χ1v) is 7.45. The first-order valence-electron chi connectivity index (χ1n) is 6.65. The van der Waals surface area contributed by atoms with Crippen LogP contribution in [-0.2, 0) is 9.53 Å². The SMILES string of the molecule is C/C(=N/NC(=O)C[NH+]1CCOCC1)c1ccc(Br)cc1. The molecule has 108 valence electrons. The molecule has 1 aliphatic heterocycles. The summed E-state index contributed by atoms with van der Waals surface area (Å²) in [6.07, 6.45) is 0. The lowest BCUT2D eigenvalue weighted by Gasteiger charge is -2.22. The number of benzene rings is 1. The molecule has 20 heavy (non-hydrogen) atoms. The molecule has 0 bridgehead atoms. The van der Waals surface area contributed by atoms with Gasteiger partial charge in [0.15, 0.2) is 6.54 Å². The van der Waals surface area contributed by atoms with Crippen LogP contribution in [0.3, 0.4) is 0 Å². The van der Waals surface area contributed by atoms with E-state index in [2.05, 4.69) is 26.5 Å². The first kappa shape index (κ1) is 15.2. The Bertz CT molecular complexity index is 482. The molecule has 0 atom stereocenters. The van der Waals surface area contributed by atoms with Gasteiger partial charge in [-0.05, 0) is 24.6 Å². The van der Waals surface area contributed by atoms with Gasteiger partial charge in [-0.15, -0.1) is 0 Å². The molecule has 0 aromatic heterocycles. The van der Waals surface area contributed by atoms with Crippen molar-refractivity contribution in [3.05, 3.63) is 34.3 Å². The van der Waals surface area contributed by atoms with Gasteiger partial charge in [0.2, 0.25) is 0 Å². The van der Waals surface area contributed by atoms with E-state index in [0.717, 1.165) is 42.1 Å². The zero-order chi connectivity index (χ0) is 14.4. The summed E-state index contributed by atoms with van der Waals surface area (Å²) in [5.41, 5.74) is 4.41. The predicted molar refractivity (Wildman–Crippen MR) is 80.9 cm³/mol. The van der Waals surface area contributed by atoms with E-state index in [4.69, 9.17) is 4.74 Å². The molecule has 1 aromatic carbocycles. The molecular formula is C14H19BrN3O2+. The number of carbonyl (C=O) groups is 1. The molecule has 0 unspecified atom stereocenters. The van der Waals surface area contributed by atoms with E-state index in [1.807, 2.05) is 31.2 Å². The molecule has 0 spiro atoms. The predicted octanol–water partition coefficient (Wildman–Crippen LogP) is 0.204. The number of hydrazone groups is 1. The highest BCUT2D eigenvalue weighted by Gasteiger charge is 2.17. The second-order valence-corrected chi connectivity index (χ2v) is 5.69. The van der Waals surface area contributed by atoms with E-state index < -0.39 is 0 Å². The molecule has 0 radical (unpaired) electrons. The summed E-state index contributed by atoms with van der Waals surface area (Å²) < 4.78 is 6.29. The number of nitrogens with zero attached hydrogens (tertiary/aromatic N) is 1. The highest BCUT2D eigenvalue weighted by atomic mass is 79.9. The van der Waals surface area contributed by atoms with Gasteiger partial charge < -0.3 is 9.64 Å². The summed E-state index contributed by atoms with van der Waals surface area (Å²) in [6, 6.07) is 7.83. The molecule has 1 aromatic rings. The molecule has 1 aliphatic rings. The van der Waals surface area contributed by atoms with Gasteiger partial charge in [0.1, 0.15) is 13.1 Å². The van der Waals surface area contributed by atoms with Crippen LogP contribution in [-0.4, -0.2) is 44.5 Å². The van der Waals surface area contributed by atoms with Gasteiger partial charge >= 0.3 is 0 Å². The van der Waals surface area contributed by atoms with E-state index in [9.17, 15) is 4.79 Å². The van der Waals surface area contributed by atoms with Crippen LogP contribution in [0.1, 0.15) is 12.5 Å². The van der Waals surface area contributed by atoms with Gasteiger partial charge in [-0.1, -0.05) is 28.1 Å². The van der Waals surface area contributed by atoms with Gasteiger partial charge in [-0.25, -0.2) is 5.43 Å². The lowest BCUT2D eigenvalue weighted by atomic mass is 10.1. The number of halogens is 1. The Hall–Kier alpha value is -1.24. The third kappa shape index (κ3) is 4.70. The van der Waals surface area contributed by atoms with Crippen molar-refractivity contribution in [1.82, 2.24) is 5.43 Å². The number of quaternary nitrogens is 1. The van der Waals surface area contributed by atoms with E-state index in [0.29, 0.717) is 6.54 Å². The van der Waals surface area contributed by atoms with Crippen LogP contribution in [0.15, 0.2) is 33.8 Å². The number of ether oxygens (including phenoxy) is 1. The minimum absolute atomic E-state index is 0.0571. The Morgan fingerprint density at radius 2 is 2.00 bits per heavy atom. The number of morpholine rings is 1. The molecular weight excluding hydrogens is 322 g/mol. The fourth-order valence-corrected chi connectivity index (χ4v) is 2.27. The smallest absolute Gasteiger partial charge is 0.295 e. The summed E-state index contributed by atoms with van der Waals surface area (Å²) in [5, 5.41) is 4.15. The summed E-state index contributed by atoms with van der Waals surface area (Å²) in [4.78, 5) is 13.1. The van der Waals surface area contributed by atoms with Crippen LogP contribution in [0.5, 0.6) is 0 Å². The van der Waals surface area contributed by atoms with Gasteiger partial charge in [-0.2, -0.15) is 5.10 Å². The van der Waals surface area contributed by atoms with Crippen molar-refractivity contribution in [2.45, 2.75) is 6.92 Å². The normalized spacial score (nSPS) is 17.0. The number of nitrogens with one attached hydrogen (secondary N) is 2. The Labute approximate surface area is 127 Å². The third-order valence-electron chi connectivity index (χ3n) is 3.22. The van der Waals surface area contributed by atoms with Gasteiger partial charge in [0, 0.05) is 4.47 Å². The number of hydrogen-bond acceptors (Lipinski definition) is 3. The molecule has 1 heterocycles. The van der Waals surface area contributed by atoms with Gasteiger partial charge in [0.05, 0.1) is 18.9 Å². The minimum Gasteiger partial charge on any atom is -0.370 e. The average molecular weight is 341 g/mol. The summed E-state index contributed by atoms with van der Waals surface area (Å²) in [6.45, 7) is 5.53.